The van der Waals surface area contributed by atoms with E-state index in [1.807, 2.05) is 0 Å². The van der Waals surface area contributed by atoms with E-state index in [1.54, 1.807) is 31.3 Å². The van der Waals surface area contributed by atoms with Gasteiger partial charge in [-0.1, -0.05) is 19.1 Å². The molecular formula is C16H22N2O2S. The molecule has 0 heterocycles. The maximum absolute atomic E-state index is 12.6. The smallest absolute Gasteiger partial charge is 0.207 e. The Bertz CT molecular complexity index is 609. The molecule has 1 aromatic rings. The van der Waals surface area contributed by atoms with Gasteiger partial charge in [0.2, 0.25) is 10.0 Å². The van der Waals surface area contributed by atoms with Gasteiger partial charge in [-0.2, -0.15) is 9.57 Å². The van der Waals surface area contributed by atoms with Gasteiger partial charge < -0.3 is 0 Å². The van der Waals surface area contributed by atoms with Gasteiger partial charge in [-0.15, -0.1) is 0 Å². The number of sulfonamides is 1. The Morgan fingerprint density at radius 3 is 2.29 bits per heavy atom. The number of benzene rings is 1. The summed E-state index contributed by atoms with van der Waals surface area (Å²) in [5.41, 5.74) is 0.839. The molecule has 21 heavy (non-hydrogen) atoms. The minimum Gasteiger partial charge on any atom is -0.207 e. The molecule has 114 valence electrons. The summed E-state index contributed by atoms with van der Waals surface area (Å²) < 4.78 is 26.8. The molecule has 1 aliphatic carbocycles. The molecule has 0 amide bonds. The van der Waals surface area contributed by atoms with Crippen molar-refractivity contribution in [1.29, 1.82) is 5.26 Å². The molecule has 0 bridgehead atoms. The van der Waals surface area contributed by atoms with Crippen molar-refractivity contribution in [2.45, 2.75) is 50.0 Å². The van der Waals surface area contributed by atoms with Crippen molar-refractivity contribution in [2.24, 2.45) is 5.92 Å². The molecule has 0 atom stereocenters. The van der Waals surface area contributed by atoms with Gasteiger partial charge in [0.1, 0.15) is 0 Å². The first-order chi connectivity index (χ1) is 9.95. The summed E-state index contributed by atoms with van der Waals surface area (Å²) in [6.07, 6.45) is 4.35. The second-order valence-electron chi connectivity index (χ2n) is 5.91. The average Bonchev–Trinajstić information content (AvgIpc) is 2.48. The van der Waals surface area contributed by atoms with Crippen LogP contribution < -0.4 is 0 Å². The van der Waals surface area contributed by atoms with Crippen LogP contribution in [0.1, 0.15) is 38.2 Å². The summed E-state index contributed by atoms with van der Waals surface area (Å²) in [5, 5.41) is 8.65. The molecule has 1 aromatic carbocycles. The maximum atomic E-state index is 12.6. The highest BCUT2D eigenvalue weighted by molar-refractivity contribution is 7.89. The summed E-state index contributed by atoms with van der Waals surface area (Å²) in [4.78, 5) is 0.310. The quantitative estimate of drug-likeness (QED) is 0.859. The van der Waals surface area contributed by atoms with Crippen molar-refractivity contribution in [3.8, 4) is 6.07 Å². The van der Waals surface area contributed by atoms with Crippen molar-refractivity contribution < 1.29 is 8.42 Å². The predicted octanol–water partition coefficient (Wildman–Crippen LogP) is 2.95. The number of nitriles is 1. The molecule has 0 aromatic heterocycles. The lowest BCUT2D eigenvalue weighted by Gasteiger charge is -2.32. The van der Waals surface area contributed by atoms with E-state index in [0.717, 1.165) is 31.2 Å². The second kappa shape index (κ2) is 6.59. The number of rotatable bonds is 4. The lowest BCUT2D eigenvalue weighted by Crippen LogP contribution is -2.39. The predicted molar refractivity (Wildman–Crippen MR) is 82.1 cm³/mol. The van der Waals surface area contributed by atoms with Crippen LogP contribution >= 0.6 is 0 Å². The molecular weight excluding hydrogens is 284 g/mol. The summed E-state index contributed by atoms with van der Waals surface area (Å²) in [6.45, 7) is 2.22. The van der Waals surface area contributed by atoms with E-state index < -0.39 is 10.0 Å². The van der Waals surface area contributed by atoms with Crippen molar-refractivity contribution in [3.05, 3.63) is 29.8 Å². The summed E-state index contributed by atoms with van der Waals surface area (Å²) in [5.74, 6) is 0.697. The molecule has 0 spiro atoms. The van der Waals surface area contributed by atoms with Crippen LogP contribution in [0.5, 0.6) is 0 Å². The van der Waals surface area contributed by atoms with Crippen LogP contribution in [0.4, 0.5) is 0 Å². The molecule has 0 unspecified atom stereocenters. The summed E-state index contributed by atoms with van der Waals surface area (Å²) in [7, 11) is -1.76. The highest BCUT2D eigenvalue weighted by Gasteiger charge is 2.30. The average molecular weight is 306 g/mol. The molecule has 1 aliphatic rings. The monoisotopic (exact) mass is 306 g/mol. The van der Waals surface area contributed by atoms with E-state index >= 15 is 0 Å². The van der Waals surface area contributed by atoms with E-state index in [4.69, 9.17) is 5.26 Å². The van der Waals surface area contributed by atoms with E-state index in [1.165, 1.54) is 4.31 Å². The van der Waals surface area contributed by atoms with Gasteiger partial charge in [0.25, 0.3) is 0 Å². The van der Waals surface area contributed by atoms with Gasteiger partial charge in [-0.25, -0.2) is 8.42 Å². The molecule has 0 radical (unpaired) electrons. The van der Waals surface area contributed by atoms with Crippen molar-refractivity contribution in [1.82, 2.24) is 4.31 Å². The topological polar surface area (TPSA) is 61.2 Å². The molecule has 1 fully saturated rings. The molecule has 0 saturated heterocycles. The zero-order chi connectivity index (χ0) is 15.5. The summed E-state index contributed by atoms with van der Waals surface area (Å²) >= 11 is 0. The van der Waals surface area contributed by atoms with E-state index in [0.29, 0.717) is 17.2 Å². The van der Waals surface area contributed by atoms with Crippen LogP contribution in [0.15, 0.2) is 29.2 Å². The fraction of sp³-hybridized carbons (Fsp3) is 0.562. The van der Waals surface area contributed by atoms with Crippen LogP contribution in [0.25, 0.3) is 0 Å². The van der Waals surface area contributed by atoms with Crippen molar-refractivity contribution >= 4 is 10.0 Å². The molecule has 0 aliphatic heterocycles. The van der Waals surface area contributed by atoms with Gasteiger partial charge >= 0.3 is 0 Å². The second-order valence-corrected chi connectivity index (χ2v) is 7.91. The van der Waals surface area contributed by atoms with Crippen LogP contribution in [-0.4, -0.2) is 25.8 Å². The highest BCUT2D eigenvalue weighted by atomic mass is 32.2. The first kappa shape index (κ1) is 16.0. The van der Waals surface area contributed by atoms with Gasteiger partial charge in [0.15, 0.2) is 0 Å². The van der Waals surface area contributed by atoms with Gasteiger partial charge in [0, 0.05) is 13.1 Å². The van der Waals surface area contributed by atoms with Crippen molar-refractivity contribution in [2.75, 3.05) is 7.05 Å². The SMILES string of the molecule is CC1CCC(N(C)S(=O)(=O)c2ccc(CC#N)cc2)CC1. The largest absolute Gasteiger partial charge is 0.243 e. The zero-order valence-corrected chi connectivity index (χ0v) is 13.4. The van der Waals surface area contributed by atoms with Crippen LogP contribution in [0, 0.1) is 17.2 Å². The normalized spacial score (nSPS) is 23.0. The third-order valence-corrected chi connectivity index (χ3v) is 6.31. The highest BCUT2D eigenvalue weighted by Crippen LogP contribution is 2.29. The lowest BCUT2D eigenvalue weighted by molar-refractivity contribution is 0.246. The minimum atomic E-state index is -3.44. The number of hydrogen-bond acceptors (Lipinski definition) is 3. The van der Waals surface area contributed by atoms with Crippen LogP contribution in [-0.2, 0) is 16.4 Å². The van der Waals surface area contributed by atoms with E-state index in [9.17, 15) is 8.42 Å². The first-order valence-electron chi connectivity index (χ1n) is 7.39. The Kier molecular flexibility index (Phi) is 5.02. The Morgan fingerprint density at radius 1 is 1.19 bits per heavy atom. The van der Waals surface area contributed by atoms with E-state index in [2.05, 4.69) is 13.0 Å². The third kappa shape index (κ3) is 3.63. The van der Waals surface area contributed by atoms with Gasteiger partial charge in [-0.05, 0) is 49.3 Å². The van der Waals surface area contributed by atoms with Gasteiger partial charge in [-0.3, -0.25) is 0 Å². The fourth-order valence-electron chi connectivity index (χ4n) is 2.84. The maximum Gasteiger partial charge on any atom is 0.243 e. The first-order valence-corrected chi connectivity index (χ1v) is 8.83. The Balaban J connectivity index is 2.15. The lowest BCUT2D eigenvalue weighted by atomic mass is 9.87. The molecule has 0 N–H and O–H groups in total. The molecule has 2 rings (SSSR count). The van der Waals surface area contributed by atoms with Crippen molar-refractivity contribution in [3.63, 3.8) is 0 Å². The van der Waals surface area contributed by atoms with Crippen LogP contribution in [0.2, 0.25) is 0 Å². The Morgan fingerprint density at radius 2 is 1.76 bits per heavy atom. The molecule has 4 nitrogen and oxygen atoms in total. The molecule has 1 saturated carbocycles. The number of nitrogens with zero attached hydrogens (tertiary/aromatic N) is 2. The zero-order valence-electron chi connectivity index (χ0n) is 12.6. The number of hydrogen-bond donors (Lipinski definition) is 0. The Labute approximate surface area is 127 Å². The van der Waals surface area contributed by atoms with Crippen LogP contribution in [0.3, 0.4) is 0 Å². The third-order valence-electron chi connectivity index (χ3n) is 4.38. The minimum absolute atomic E-state index is 0.102. The van der Waals surface area contributed by atoms with E-state index in [-0.39, 0.29) is 6.04 Å². The fourth-order valence-corrected chi connectivity index (χ4v) is 4.26. The summed E-state index contributed by atoms with van der Waals surface area (Å²) in [6, 6.07) is 8.80. The standard InChI is InChI=1S/C16H22N2O2S/c1-13-3-7-15(8-4-13)18(2)21(19,20)16-9-5-14(6-10-16)11-12-17/h5-6,9-10,13,15H,3-4,7-8,11H2,1-2H3. The Hall–Kier alpha value is -1.38. The van der Waals surface area contributed by atoms with Gasteiger partial charge in [0.05, 0.1) is 17.4 Å². The molecule has 5 heteroatoms.